The van der Waals surface area contributed by atoms with E-state index in [4.69, 9.17) is 14.6 Å². The lowest BCUT2D eigenvalue weighted by Gasteiger charge is -2.21. The van der Waals surface area contributed by atoms with E-state index in [0.29, 0.717) is 34.7 Å². The number of hydrogen-bond donors (Lipinski definition) is 1. The molecule has 0 aliphatic rings. The number of carboxylic acid groups (broad SMARTS) is 1. The number of hydrogen-bond acceptors (Lipinski definition) is 6. The number of nitrogens with zero attached hydrogens (tertiary/aromatic N) is 3. The number of aromatic nitrogens is 3. The van der Waals surface area contributed by atoms with Gasteiger partial charge in [0.15, 0.2) is 0 Å². The van der Waals surface area contributed by atoms with Gasteiger partial charge < -0.3 is 14.6 Å². The third-order valence-electron chi connectivity index (χ3n) is 4.72. The molecule has 0 saturated carbocycles. The predicted molar refractivity (Wildman–Crippen MR) is 122 cm³/mol. The number of aliphatic carboxylic acids is 1. The summed E-state index contributed by atoms with van der Waals surface area (Å²) >= 11 is 0. The smallest absolute Gasteiger partial charge is 0.328 e. The minimum atomic E-state index is -1.23. The maximum Gasteiger partial charge on any atom is 0.328 e. The van der Waals surface area contributed by atoms with Crippen LogP contribution in [0, 0.1) is 17.0 Å². The van der Waals surface area contributed by atoms with Gasteiger partial charge in [-0.05, 0) is 42.2 Å². The van der Waals surface area contributed by atoms with Crippen molar-refractivity contribution >= 4 is 12.0 Å². The number of carboxylic acids is 1. The Balaban J connectivity index is 1.92. The molecule has 0 unspecified atom stereocenters. The SMILES string of the molecule is COc1ccc(F)c(-c2ccc(COc3ncnc(/C=C/C(=O)O)c3F)nc2CC(C)(C)C)c1. The summed E-state index contributed by atoms with van der Waals surface area (Å²) in [7, 11) is 1.51. The van der Waals surface area contributed by atoms with E-state index in [-0.39, 0.29) is 23.6 Å². The maximum atomic E-state index is 14.7. The van der Waals surface area contributed by atoms with Crippen molar-refractivity contribution in [2.75, 3.05) is 7.11 Å². The van der Waals surface area contributed by atoms with Gasteiger partial charge in [-0.2, -0.15) is 9.37 Å². The number of carbonyl (C=O) groups is 1. The van der Waals surface area contributed by atoms with E-state index in [1.165, 1.54) is 13.2 Å². The molecule has 0 fully saturated rings. The van der Waals surface area contributed by atoms with Gasteiger partial charge in [-0.3, -0.25) is 4.98 Å². The fourth-order valence-electron chi connectivity index (χ4n) is 3.22. The molecule has 178 valence electrons. The molecule has 1 N–H and O–H groups in total. The average molecular weight is 469 g/mol. The highest BCUT2D eigenvalue weighted by atomic mass is 19.1. The number of benzene rings is 1. The molecule has 0 spiro atoms. The standard InChI is InChI=1S/C25H25F2N3O4/c1-25(2,3)12-21-17(18-11-16(33-4)6-8-19(18)26)7-5-15(30-21)13-34-24-23(27)20(28-14-29-24)9-10-22(31)32/h5-11,14H,12-13H2,1-4H3,(H,31,32)/b10-9+. The van der Waals surface area contributed by atoms with Crippen molar-refractivity contribution in [3.05, 3.63) is 71.5 Å². The van der Waals surface area contributed by atoms with Crippen molar-refractivity contribution in [1.29, 1.82) is 0 Å². The number of rotatable bonds is 8. The topological polar surface area (TPSA) is 94.4 Å². The molecule has 0 bridgehead atoms. The van der Waals surface area contributed by atoms with Crippen LogP contribution in [0.4, 0.5) is 8.78 Å². The zero-order chi connectivity index (χ0) is 24.9. The molecule has 0 aliphatic heterocycles. The second kappa shape index (κ2) is 10.4. The van der Waals surface area contributed by atoms with Crippen molar-refractivity contribution in [1.82, 2.24) is 15.0 Å². The molecule has 0 atom stereocenters. The van der Waals surface area contributed by atoms with Crippen LogP contribution in [0.5, 0.6) is 11.6 Å². The zero-order valence-electron chi connectivity index (χ0n) is 19.3. The van der Waals surface area contributed by atoms with Crippen molar-refractivity contribution in [3.8, 4) is 22.8 Å². The Labute approximate surface area is 196 Å². The summed E-state index contributed by atoms with van der Waals surface area (Å²) in [6.45, 7) is 6.04. The average Bonchev–Trinajstić information content (AvgIpc) is 2.77. The number of pyridine rings is 1. The normalized spacial score (nSPS) is 11.6. The van der Waals surface area contributed by atoms with E-state index < -0.39 is 17.6 Å². The van der Waals surface area contributed by atoms with Gasteiger partial charge in [0.05, 0.1) is 12.8 Å². The second-order valence-electron chi connectivity index (χ2n) is 8.72. The van der Waals surface area contributed by atoms with Crippen LogP contribution in [0.1, 0.15) is 37.9 Å². The summed E-state index contributed by atoms with van der Waals surface area (Å²) < 4.78 is 40.0. The molecule has 0 radical (unpaired) electrons. The monoisotopic (exact) mass is 469 g/mol. The van der Waals surface area contributed by atoms with Gasteiger partial charge in [-0.1, -0.05) is 26.8 Å². The summed E-state index contributed by atoms with van der Waals surface area (Å²) in [5.74, 6) is -2.32. The van der Waals surface area contributed by atoms with E-state index in [1.54, 1.807) is 24.3 Å². The fraction of sp³-hybridized carbons (Fsp3) is 0.280. The second-order valence-corrected chi connectivity index (χ2v) is 8.72. The molecule has 2 heterocycles. The van der Waals surface area contributed by atoms with Crippen LogP contribution in [0.3, 0.4) is 0 Å². The maximum absolute atomic E-state index is 14.7. The van der Waals surface area contributed by atoms with E-state index in [9.17, 15) is 13.6 Å². The molecule has 9 heteroatoms. The predicted octanol–water partition coefficient (Wildman–Crippen LogP) is 5.09. The highest BCUT2D eigenvalue weighted by Crippen LogP contribution is 2.32. The largest absolute Gasteiger partial charge is 0.497 e. The van der Waals surface area contributed by atoms with Crippen LogP contribution < -0.4 is 9.47 Å². The Morgan fingerprint density at radius 2 is 1.88 bits per heavy atom. The lowest BCUT2D eigenvalue weighted by atomic mass is 9.87. The van der Waals surface area contributed by atoms with Crippen molar-refractivity contribution in [2.24, 2.45) is 5.41 Å². The lowest BCUT2D eigenvalue weighted by Crippen LogP contribution is -2.13. The Morgan fingerprint density at radius 3 is 2.56 bits per heavy atom. The van der Waals surface area contributed by atoms with Gasteiger partial charge in [0.25, 0.3) is 5.88 Å². The van der Waals surface area contributed by atoms with Gasteiger partial charge >= 0.3 is 5.97 Å². The Hall–Kier alpha value is -3.88. The summed E-state index contributed by atoms with van der Waals surface area (Å²) in [5.41, 5.74) is 1.80. The van der Waals surface area contributed by atoms with Crippen LogP contribution in [-0.2, 0) is 17.8 Å². The highest BCUT2D eigenvalue weighted by molar-refractivity contribution is 5.84. The highest BCUT2D eigenvalue weighted by Gasteiger charge is 2.20. The fourth-order valence-corrected chi connectivity index (χ4v) is 3.22. The van der Waals surface area contributed by atoms with Crippen molar-refractivity contribution < 1.29 is 28.2 Å². The molecule has 0 aliphatic carbocycles. The molecule has 34 heavy (non-hydrogen) atoms. The minimum absolute atomic E-state index is 0.103. The summed E-state index contributed by atoms with van der Waals surface area (Å²) in [6.07, 6.45) is 3.42. The van der Waals surface area contributed by atoms with Crippen LogP contribution in [0.15, 0.2) is 42.7 Å². The van der Waals surface area contributed by atoms with Gasteiger partial charge in [0, 0.05) is 22.9 Å². The Kier molecular flexibility index (Phi) is 7.55. The third kappa shape index (κ3) is 6.34. The molecular weight excluding hydrogens is 444 g/mol. The van der Waals surface area contributed by atoms with E-state index >= 15 is 0 Å². The molecule has 1 aromatic carbocycles. The molecule has 0 amide bonds. The van der Waals surface area contributed by atoms with E-state index in [1.807, 2.05) is 20.8 Å². The Bertz CT molecular complexity index is 1220. The van der Waals surface area contributed by atoms with Crippen LogP contribution in [-0.4, -0.2) is 33.1 Å². The summed E-state index contributed by atoms with van der Waals surface area (Å²) in [5, 5.41) is 8.72. The van der Waals surface area contributed by atoms with Crippen LogP contribution in [0.25, 0.3) is 17.2 Å². The summed E-state index contributed by atoms with van der Waals surface area (Å²) in [6, 6.07) is 7.94. The van der Waals surface area contributed by atoms with Crippen molar-refractivity contribution in [2.45, 2.75) is 33.8 Å². The molecule has 7 nitrogen and oxygen atoms in total. The first-order valence-electron chi connectivity index (χ1n) is 10.4. The van der Waals surface area contributed by atoms with Crippen LogP contribution >= 0.6 is 0 Å². The minimum Gasteiger partial charge on any atom is -0.497 e. The van der Waals surface area contributed by atoms with Crippen molar-refractivity contribution in [3.63, 3.8) is 0 Å². The molecule has 3 aromatic rings. The molecule has 3 rings (SSSR count). The van der Waals surface area contributed by atoms with Gasteiger partial charge in [-0.15, -0.1) is 0 Å². The van der Waals surface area contributed by atoms with Gasteiger partial charge in [0.2, 0.25) is 5.82 Å². The quantitative estimate of drug-likeness (QED) is 0.459. The first-order chi connectivity index (χ1) is 16.1. The van der Waals surface area contributed by atoms with E-state index in [0.717, 1.165) is 18.5 Å². The first-order valence-corrected chi connectivity index (χ1v) is 10.4. The van der Waals surface area contributed by atoms with Gasteiger partial charge in [-0.25, -0.2) is 14.2 Å². The molecule has 0 saturated heterocycles. The van der Waals surface area contributed by atoms with E-state index in [2.05, 4.69) is 15.0 Å². The first kappa shape index (κ1) is 24.8. The molecule has 2 aromatic heterocycles. The Morgan fingerprint density at radius 1 is 1.12 bits per heavy atom. The number of ether oxygens (including phenoxy) is 2. The van der Waals surface area contributed by atoms with Gasteiger partial charge in [0.1, 0.15) is 30.2 Å². The zero-order valence-corrected chi connectivity index (χ0v) is 19.3. The number of methoxy groups -OCH3 is 1. The number of halogens is 2. The lowest BCUT2D eigenvalue weighted by molar-refractivity contribution is -0.131. The van der Waals surface area contributed by atoms with Crippen LogP contribution in [0.2, 0.25) is 0 Å². The third-order valence-corrected chi connectivity index (χ3v) is 4.72. The summed E-state index contributed by atoms with van der Waals surface area (Å²) in [4.78, 5) is 22.8. The molecular formula is C25H25F2N3O4.